The van der Waals surface area contributed by atoms with E-state index in [1.165, 1.54) is 0 Å². The molecular formula is C14H17Cl2NO3. The van der Waals surface area contributed by atoms with Gasteiger partial charge in [0.2, 0.25) is 0 Å². The third kappa shape index (κ3) is 4.69. The number of nitrogens with one attached hydrogen (secondary N) is 1. The summed E-state index contributed by atoms with van der Waals surface area (Å²) in [6.07, 6.45) is 0.499. The van der Waals surface area contributed by atoms with E-state index in [1.54, 1.807) is 18.2 Å². The lowest BCUT2D eigenvalue weighted by Crippen LogP contribution is -2.33. The molecule has 1 unspecified atom stereocenters. The molecule has 1 rings (SSSR count). The van der Waals surface area contributed by atoms with Crippen LogP contribution in [0.2, 0.25) is 10.0 Å². The minimum Gasteiger partial charge on any atom is -0.481 e. The third-order valence-corrected chi connectivity index (χ3v) is 3.63. The van der Waals surface area contributed by atoms with Crippen molar-refractivity contribution < 1.29 is 14.7 Å². The molecular weight excluding hydrogens is 301 g/mol. The van der Waals surface area contributed by atoms with E-state index < -0.39 is 17.8 Å². The number of benzene rings is 1. The average molecular weight is 318 g/mol. The Hall–Kier alpha value is -1.26. The largest absolute Gasteiger partial charge is 0.481 e. The first kappa shape index (κ1) is 16.8. The molecule has 0 saturated carbocycles. The quantitative estimate of drug-likeness (QED) is 0.844. The number of carbonyl (C=O) groups excluding carboxylic acids is 1. The van der Waals surface area contributed by atoms with E-state index in [-0.39, 0.29) is 28.1 Å². The molecule has 0 heterocycles. The van der Waals surface area contributed by atoms with Crippen LogP contribution in [0, 0.1) is 11.8 Å². The summed E-state index contributed by atoms with van der Waals surface area (Å²) < 4.78 is 0. The van der Waals surface area contributed by atoms with E-state index in [0.717, 1.165) is 0 Å². The van der Waals surface area contributed by atoms with Gasteiger partial charge < -0.3 is 10.4 Å². The van der Waals surface area contributed by atoms with Gasteiger partial charge >= 0.3 is 5.97 Å². The Bertz CT molecular complexity index is 503. The summed E-state index contributed by atoms with van der Waals surface area (Å²) in [6.45, 7) is 3.94. The summed E-state index contributed by atoms with van der Waals surface area (Å²) in [5, 5.41) is 12.2. The Balaban J connectivity index is 2.70. The minimum atomic E-state index is -0.920. The van der Waals surface area contributed by atoms with Gasteiger partial charge in [-0.15, -0.1) is 0 Å². The Morgan fingerprint density at radius 3 is 2.50 bits per heavy atom. The summed E-state index contributed by atoms with van der Waals surface area (Å²) in [5.41, 5.74) is 0.243. The van der Waals surface area contributed by atoms with Crippen molar-refractivity contribution in [3.05, 3.63) is 33.8 Å². The van der Waals surface area contributed by atoms with Gasteiger partial charge in [-0.3, -0.25) is 9.59 Å². The highest BCUT2D eigenvalue weighted by atomic mass is 35.5. The molecule has 0 spiro atoms. The van der Waals surface area contributed by atoms with Crippen molar-refractivity contribution in [3.8, 4) is 0 Å². The van der Waals surface area contributed by atoms with Crippen LogP contribution in [0.15, 0.2) is 18.2 Å². The number of aliphatic carboxylic acids is 1. The zero-order valence-corrected chi connectivity index (χ0v) is 12.8. The standard InChI is InChI=1S/C14H17Cl2NO3/c1-8(2)6-9(14(19)20)7-17-13(18)10-4-3-5-11(15)12(10)16/h3-5,8-9H,6-7H2,1-2H3,(H,17,18)(H,19,20). The van der Waals surface area contributed by atoms with Crippen LogP contribution in [-0.4, -0.2) is 23.5 Å². The third-order valence-electron chi connectivity index (χ3n) is 2.81. The van der Waals surface area contributed by atoms with E-state index in [1.807, 2.05) is 13.8 Å². The van der Waals surface area contributed by atoms with E-state index >= 15 is 0 Å². The SMILES string of the molecule is CC(C)CC(CNC(=O)c1cccc(Cl)c1Cl)C(=O)O. The fourth-order valence-corrected chi connectivity index (χ4v) is 2.22. The summed E-state index contributed by atoms with van der Waals surface area (Å²) in [4.78, 5) is 23.1. The Kier molecular flexibility index (Phi) is 6.30. The van der Waals surface area contributed by atoms with Crippen molar-refractivity contribution >= 4 is 35.1 Å². The first-order valence-electron chi connectivity index (χ1n) is 6.28. The second-order valence-corrected chi connectivity index (χ2v) is 5.76. The van der Waals surface area contributed by atoms with Gasteiger partial charge in [-0.25, -0.2) is 0 Å². The molecule has 2 N–H and O–H groups in total. The summed E-state index contributed by atoms with van der Waals surface area (Å²) in [6, 6.07) is 4.74. The van der Waals surface area contributed by atoms with E-state index in [4.69, 9.17) is 28.3 Å². The first-order chi connectivity index (χ1) is 9.32. The molecule has 1 aromatic rings. The van der Waals surface area contributed by atoms with Gasteiger partial charge in [0.05, 0.1) is 21.5 Å². The van der Waals surface area contributed by atoms with E-state index in [0.29, 0.717) is 6.42 Å². The molecule has 0 fully saturated rings. The lowest BCUT2D eigenvalue weighted by molar-refractivity contribution is -0.142. The number of rotatable bonds is 6. The van der Waals surface area contributed by atoms with Crippen molar-refractivity contribution in [2.75, 3.05) is 6.54 Å². The number of carbonyl (C=O) groups is 2. The fourth-order valence-electron chi connectivity index (χ4n) is 1.83. The monoisotopic (exact) mass is 317 g/mol. The van der Waals surface area contributed by atoms with Gasteiger partial charge in [0.25, 0.3) is 5.91 Å². The summed E-state index contributed by atoms with van der Waals surface area (Å²) in [5.74, 6) is -1.72. The van der Waals surface area contributed by atoms with Crippen molar-refractivity contribution in [2.24, 2.45) is 11.8 Å². The minimum absolute atomic E-state index is 0.0647. The average Bonchev–Trinajstić information content (AvgIpc) is 2.36. The van der Waals surface area contributed by atoms with Gasteiger partial charge in [-0.05, 0) is 24.5 Å². The second-order valence-electron chi connectivity index (χ2n) is 4.98. The predicted molar refractivity (Wildman–Crippen MR) is 79.4 cm³/mol. The van der Waals surface area contributed by atoms with Crippen LogP contribution in [0.1, 0.15) is 30.6 Å². The number of hydrogen-bond donors (Lipinski definition) is 2. The van der Waals surface area contributed by atoms with Crippen molar-refractivity contribution in [3.63, 3.8) is 0 Å². The Morgan fingerprint density at radius 2 is 1.95 bits per heavy atom. The van der Waals surface area contributed by atoms with Crippen LogP contribution in [0.3, 0.4) is 0 Å². The predicted octanol–water partition coefficient (Wildman–Crippen LogP) is 3.47. The number of amides is 1. The molecule has 1 atom stereocenters. The molecule has 0 saturated heterocycles. The lowest BCUT2D eigenvalue weighted by atomic mass is 9.97. The first-order valence-corrected chi connectivity index (χ1v) is 7.03. The highest BCUT2D eigenvalue weighted by Crippen LogP contribution is 2.25. The summed E-state index contributed by atoms with van der Waals surface area (Å²) >= 11 is 11.8. The Morgan fingerprint density at radius 1 is 1.30 bits per heavy atom. The number of carboxylic acid groups (broad SMARTS) is 1. The topological polar surface area (TPSA) is 66.4 Å². The summed E-state index contributed by atoms with van der Waals surface area (Å²) in [7, 11) is 0. The number of hydrogen-bond acceptors (Lipinski definition) is 2. The number of halogens is 2. The molecule has 20 heavy (non-hydrogen) atoms. The van der Waals surface area contributed by atoms with Gasteiger partial charge in [0.15, 0.2) is 0 Å². The van der Waals surface area contributed by atoms with Gasteiger partial charge in [0.1, 0.15) is 0 Å². The maximum absolute atomic E-state index is 12.0. The van der Waals surface area contributed by atoms with Crippen LogP contribution in [0.25, 0.3) is 0 Å². The molecule has 0 aromatic heterocycles. The zero-order chi connectivity index (χ0) is 15.3. The van der Waals surface area contributed by atoms with Crippen LogP contribution >= 0.6 is 23.2 Å². The molecule has 0 radical (unpaired) electrons. The molecule has 4 nitrogen and oxygen atoms in total. The van der Waals surface area contributed by atoms with Crippen molar-refractivity contribution in [2.45, 2.75) is 20.3 Å². The normalized spacial score (nSPS) is 12.2. The Labute approximate surface area is 128 Å². The maximum Gasteiger partial charge on any atom is 0.308 e. The van der Waals surface area contributed by atoms with Crippen LogP contribution < -0.4 is 5.32 Å². The highest BCUT2D eigenvalue weighted by Gasteiger charge is 2.21. The van der Waals surface area contributed by atoms with Gasteiger partial charge in [-0.2, -0.15) is 0 Å². The van der Waals surface area contributed by atoms with E-state index in [2.05, 4.69) is 5.32 Å². The molecule has 1 amide bonds. The molecule has 0 aliphatic rings. The molecule has 0 bridgehead atoms. The molecule has 1 aromatic carbocycles. The highest BCUT2D eigenvalue weighted by molar-refractivity contribution is 6.43. The maximum atomic E-state index is 12.0. The number of carboxylic acids is 1. The van der Waals surface area contributed by atoms with Crippen LogP contribution in [0.4, 0.5) is 0 Å². The zero-order valence-electron chi connectivity index (χ0n) is 11.3. The smallest absolute Gasteiger partial charge is 0.308 e. The lowest BCUT2D eigenvalue weighted by Gasteiger charge is -2.15. The van der Waals surface area contributed by atoms with Crippen LogP contribution in [0.5, 0.6) is 0 Å². The molecule has 110 valence electrons. The molecule has 6 heteroatoms. The fraction of sp³-hybridized carbons (Fsp3) is 0.429. The molecule has 0 aliphatic carbocycles. The van der Waals surface area contributed by atoms with Crippen molar-refractivity contribution in [1.82, 2.24) is 5.32 Å². The van der Waals surface area contributed by atoms with Gasteiger partial charge in [0, 0.05) is 6.54 Å². The van der Waals surface area contributed by atoms with Crippen LogP contribution in [-0.2, 0) is 4.79 Å². The van der Waals surface area contributed by atoms with Gasteiger partial charge in [-0.1, -0.05) is 43.1 Å². The van der Waals surface area contributed by atoms with E-state index in [9.17, 15) is 9.59 Å². The van der Waals surface area contributed by atoms with Crippen molar-refractivity contribution in [1.29, 1.82) is 0 Å². The molecule has 0 aliphatic heterocycles. The second kappa shape index (κ2) is 7.50.